The molecule has 4 aromatic rings. The lowest BCUT2D eigenvalue weighted by Crippen LogP contribution is -2.49. The molecule has 0 N–H and O–H groups in total. The highest BCUT2D eigenvalue weighted by Crippen LogP contribution is 2.33. The average molecular weight is 520 g/mol. The van der Waals surface area contributed by atoms with Crippen LogP contribution in [0.5, 0.6) is 0 Å². The molecular weight excluding hydrogens is 482 g/mol. The van der Waals surface area contributed by atoms with E-state index in [-0.39, 0.29) is 30.4 Å². The normalized spacial score (nSPS) is 14.9. The molecule has 0 aliphatic carbocycles. The first-order chi connectivity index (χ1) is 18.8. The molecular formula is C34H37N3O2. The van der Waals surface area contributed by atoms with Gasteiger partial charge >= 0.3 is 0 Å². The van der Waals surface area contributed by atoms with Crippen LogP contribution in [0.4, 0.5) is 0 Å². The summed E-state index contributed by atoms with van der Waals surface area (Å²) >= 11 is 0. The Labute approximate surface area is 231 Å². The van der Waals surface area contributed by atoms with E-state index in [9.17, 15) is 9.59 Å². The number of hydrogen-bond donors (Lipinski definition) is 0. The molecule has 0 spiro atoms. The van der Waals surface area contributed by atoms with Crippen molar-refractivity contribution in [1.29, 1.82) is 0 Å². The Bertz CT molecular complexity index is 1420. The van der Waals surface area contributed by atoms with Gasteiger partial charge in [0.1, 0.15) is 6.54 Å². The van der Waals surface area contributed by atoms with Crippen molar-refractivity contribution >= 4 is 11.8 Å². The summed E-state index contributed by atoms with van der Waals surface area (Å²) in [5.74, 6) is 0.277. The molecule has 0 radical (unpaired) electrons. The number of hydrogen-bond acceptors (Lipinski definition) is 2. The third kappa shape index (κ3) is 5.53. The Morgan fingerprint density at radius 2 is 1.46 bits per heavy atom. The predicted octanol–water partition coefficient (Wildman–Crippen LogP) is 6.76. The van der Waals surface area contributed by atoms with Gasteiger partial charge in [0.05, 0.1) is 6.04 Å². The van der Waals surface area contributed by atoms with Crippen LogP contribution in [0.15, 0.2) is 97.2 Å². The minimum Gasteiger partial charge on any atom is -0.348 e. The zero-order valence-electron chi connectivity index (χ0n) is 23.2. The van der Waals surface area contributed by atoms with Gasteiger partial charge in [-0.3, -0.25) is 9.59 Å². The number of nitrogens with zero attached hydrogens (tertiary/aromatic N) is 3. The van der Waals surface area contributed by atoms with E-state index in [2.05, 4.69) is 67.1 Å². The lowest BCUT2D eigenvalue weighted by atomic mass is 9.95. The fourth-order valence-corrected chi connectivity index (χ4v) is 5.39. The minimum atomic E-state index is -0.184. The van der Waals surface area contributed by atoms with Crippen molar-refractivity contribution in [3.8, 4) is 11.1 Å². The fraction of sp³-hybridized carbons (Fsp3) is 0.294. The number of fused-ring (bicyclic) bond motifs is 1. The van der Waals surface area contributed by atoms with Crippen LogP contribution in [0.2, 0.25) is 0 Å². The first-order valence-electron chi connectivity index (χ1n) is 13.8. The fourth-order valence-electron chi connectivity index (χ4n) is 5.39. The first kappa shape index (κ1) is 26.5. The Kier molecular flexibility index (Phi) is 7.69. The van der Waals surface area contributed by atoms with Gasteiger partial charge in [-0.1, -0.05) is 80.6 Å². The van der Waals surface area contributed by atoms with Gasteiger partial charge in [-0.2, -0.15) is 0 Å². The number of rotatable bonds is 7. The zero-order chi connectivity index (χ0) is 27.5. The summed E-state index contributed by atoms with van der Waals surface area (Å²) in [6.45, 7) is 9.68. The van der Waals surface area contributed by atoms with E-state index in [1.807, 2.05) is 67.3 Å². The molecule has 3 aromatic carbocycles. The van der Waals surface area contributed by atoms with Crippen LogP contribution < -0.4 is 0 Å². The SMILES string of the molecule is CC(C)c1ccc([C@@H]2c3cccn3CCN2C(=O)CN(C(=O)c2ccc(-c3ccccc3)cc2)C(C)C)cc1. The largest absolute Gasteiger partial charge is 0.348 e. The summed E-state index contributed by atoms with van der Waals surface area (Å²) in [4.78, 5) is 31.1. The van der Waals surface area contributed by atoms with Gasteiger partial charge in [0.2, 0.25) is 5.91 Å². The monoisotopic (exact) mass is 519 g/mol. The summed E-state index contributed by atoms with van der Waals surface area (Å²) < 4.78 is 2.23. The van der Waals surface area contributed by atoms with Crippen LogP contribution >= 0.6 is 0 Å². The van der Waals surface area contributed by atoms with Crippen molar-refractivity contribution < 1.29 is 9.59 Å². The van der Waals surface area contributed by atoms with E-state index in [0.29, 0.717) is 18.0 Å². The van der Waals surface area contributed by atoms with Gasteiger partial charge in [0.15, 0.2) is 0 Å². The maximum atomic E-state index is 13.9. The van der Waals surface area contributed by atoms with E-state index in [1.165, 1.54) is 5.56 Å². The van der Waals surface area contributed by atoms with Gasteiger partial charge in [-0.25, -0.2) is 0 Å². The standard InChI is InChI=1S/C34H37N3O2/c1-24(2)26-12-16-29(17-13-26)33-31-11-8-20-35(31)21-22-36(33)32(38)23-37(25(3)4)34(39)30-18-14-28(15-19-30)27-9-6-5-7-10-27/h5-20,24-25,33H,21-23H2,1-4H3/t33-/m1/s1. The van der Waals surface area contributed by atoms with E-state index >= 15 is 0 Å². The second-order valence-electron chi connectivity index (χ2n) is 10.9. The average Bonchev–Trinajstić information content (AvgIpc) is 3.44. The molecule has 0 fully saturated rings. The third-order valence-corrected chi connectivity index (χ3v) is 7.71. The van der Waals surface area contributed by atoms with Crippen LogP contribution in [-0.4, -0.2) is 45.3 Å². The van der Waals surface area contributed by atoms with Crippen molar-refractivity contribution in [2.24, 2.45) is 0 Å². The summed E-state index contributed by atoms with van der Waals surface area (Å²) in [7, 11) is 0. The maximum absolute atomic E-state index is 13.9. The highest BCUT2D eigenvalue weighted by molar-refractivity contribution is 5.97. The van der Waals surface area contributed by atoms with Gasteiger partial charge < -0.3 is 14.4 Å². The number of amides is 2. The maximum Gasteiger partial charge on any atom is 0.254 e. The molecule has 5 heteroatoms. The van der Waals surface area contributed by atoms with Gasteiger partial charge in [-0.15, -0.1) is 0 Å². The van der Waals surface area contributed by atoms with Crippen molar-refractivity contribution in [1.82, 2.24) is 14.4 Å². The molecule has 1 aliphatic heterocycles. The summed E-state index contributed by atoms with van der Waals surface area (Å²) in [5, 5.41) is 0. The van der Waals surface area contributed by atoms with Crippen molar-refractivity contribution in [2.75, 3.05) is 13.1 Å². The molecule has 5 rings (SSSR count). The molecule has 200 valence electrons. The molecule has 39 heavy (non-hydrogen) atoms. The number of carbonyl (C=O) groups is 2. The third-order valence-electron chi connectivity index (χ3n) is 7.71. The van der Waals surface area contributed by atoms with E-state index in [4.69, 9.17) is 0 Å². The summed E-state index contributed by atoms with van der Waals surface area (Å²) in [5.41, 5.74) is 6.22. The smallest absolute Gasteiger partial charge is 0.254 e. The zero-order valence-corrected chi connectivity index (χ0v) is 23.2. The molecule has 1 aliphatic rings. The van der Waals surface area contributed by atoms with Crippen LogP contribution in [0.3, 0.4) is 0 Å². The molecule has 2 heterocycles. The first-order valence-corrected chi connectivity index (χ1v) is 13.8. The highest BCUT2D eigenvalue weighted by atomic mass is 16.2. The van der Waals surface area contributed by atoms with E-state index in [0.717, 1.165) is 28.9 Å². The Balaban J connectivity index is 1.38. The lowest BCUT2D eigenvalue weighted by molar-refractivity contribution is -0.135. The van der Waals surface area contributed by atoms with Crippen LogP contribution in [0.25, 0.3) is 11.1 Å². The number of aromatic nitrogens is 1. The van der Waals surface area contributed by atoms with Crippen molar-refractivity contribution in [2.45, 2.75) is 52.2 Å². The predicted molar refractivity (Wildman–Crippen MR) is 157 cm³/mol. The second-order valence-corrected chi connectivity index (χ2v) is 10.9. The molecule has 0 saturated carbocycles. The van der Waals surface area contributed by atoms with Crippen molar-refractivity contribution in [3.63, 3.8) is 0 Å². The molecule has 1 atom stereocenters. The molecule has 0 saturated heterocycles. The van der Waals surface area contributed by atoms with Crippen LogP contribution in [0.1, 0.15) is 66.8 Å². The van der Waals surface area contributed by atoms with E-state index in [1.54, 1.807) is 4.90 Å². The van der Waals surface area contributed by atoms with Crippen LogP contribution in [-0.2, 0) is 11.3 Å². The van der Waals surface area contributed by atoms with Gasteiger partial charge in [-0.05, 0) is 66.3 Å². The number of carbonyl (C=O) groups excluding carboxylic acids is 2. The van der Waals surface area contributed by atoms with E-state index < -0.39 is 0 Å². The lowest BCUT2D eigenvalue weighted by Gasteiger charge is -2.39. The van der Waals surface area contributed by atoms with Gasteiger partial charge in [0, 0.05) is 36.6 Å². The second kappa shape index (κ2) is 11.3. The molecule has 1 aromatic heterocycles. The Morgan fingerprint density at radius 3 is 2.10 bits per heavy atom. The van der Waals surface area contributed by atoms with Crippen LogP contribution in [0, 0.1) is 0 Å². The molecule has 0 bridgehead atoms. The minimum absolute atomic E-state index is 0.0386. The molecule has 2 amide bonds. The highest BCUT2D eigenvalue weighted by Gasteiger charge is 2.34. The van der Waals surface area contributed by atoms with Crippen molar-refractivity contribution in [3.05, 3.63) is 120 Å². The molecule has 5 nitrogen and oxygen atoms in total. The summed E-state index contributed by atoms with van der Waals surface area (Å²) in [6.07, 6.45) is 2.08. The number of benzene rings is 3. The topological polar surface area (TPSA) is 45.6 Å². The Hall–Kier alpha value is -4.12. The van der Waals surface area contributed by atoms with Gasteiger partial charge in [0.25, 0.3) is 5.91 Å². The molecule has 0 unspecified atom stereocenters. The Morgan fingerprint density at radius 1 is 0.795 bits per heavy atom. The quantitative estimate of drug-likeness (QED) is 0.271. The summed E-state index contributed by atoms with van der Waals surface area (Å²) in [6, 6.07) is 30.2.